The van der Waals surface area contributed by atoms with Crippen molar-refractivity contribution in [2.24, 2.45) is 0 Å². The van der Waals surface area contributed by atoms with Gasteiger partial charge in [-0.1, -0.05) is 6.07 Å². The number of aryl methyl sites for hydroxylation is 1. The summed E-state index contributed by atoms with van der Waals surface area (Å²) in [5.74, 6) is 1.71. The molecular formula is C16H21N5. The second-order valence-corrected chi connectivity index (χ2v) is 5.62. The molecule has 0 aromatic carbocycles. The Morgan fingerprint density at radius 2 is 2.10 bits per heavy atom. The monoisotopic (exact) mass is 283 g/mol. The normalized spacial score (nSPS) is 13.5. The largest absolute Gasteiger partial charge is 0.368 e. The average molecular weight is 283 g/mol. The van der Waals surface area contributed by atoms with Crippen molar-refractivity contribution in [3.8, 4) is 11.5 Å². The molecule has 2 aromatic rings. The van der Waals surface area contributed by atoms with Crippen LogP contribution in [0.2, 0.25) is 0 Å². The van der Waals surface area contributed by atoms with Crippen LogP contribution in [-0.2, 0) is 12.8 Å². The van der Waals surface area contributed by atoms with Gasteiger partial charge < -0.3 is 10.2 Å². The molecule has 1 aliphatic carbocycles. The highest BCUT2D eigenvalue weighted by molar-refractivity contribution is 5.57. The van der Waals surface area contributed by atoms with Crippen LogP contribution in [0.3, 0.4) is 0 Å². The van der Waals surface area contributed by atoms with E-state index in [9.17, 15) is 0 Å². The van der Waals surface area contributed by atoms with E-state index < -0.39 is 0 Å². The first-order valence-electron chi connectivity index (χ1n) is 7.44. The van der Waals surface area contributed by atoms with Gasteiger partial charge in [0.15, 0.2) is 5.82 Å². The van der Waals surface area contributed by atoms with E-state index in [1.807, 2.05) is 18.2 Å². The minimum absolute atomic E-state index is 0.726. The van der Waals surface area contributed by atoms with Crippen molar-refractivity contribution in [3.63, 3.8) is 0 Å². The van der Waals surface area contributed by atoms with Crippen LogP contribution in [0.15, 0.2) is 24.4 Å². The summed E-state index contributed by atoms with van der Waals surface area (Å²) >= 11 is 0. The van der Waals surface area contributed by atoms with Crippen molar-refractivity contribution >= 4 is 5.82 Å². The molecule has 2 aromatic heterocycles. The Hall–Kier alpha value is -2.01. The summed E-state index contributed by atoms with van der Waals surface area (Å²) in [6.07, 6.45) is 5.06. The first-order chi connectivity index (χ1) is 10.2. The number of rotatable bonds is 5. The first-order valence-corrected chi connectivity index (χ1v) is 7.44. The molecule has 1 aliphatic rings. The Labute approximate surface area is 125 Å². The summed E-state index contributed by atoms with van der Waals surface area (Å²) in [5, 5.41) is 3.47. The fourth-order valence-electron chi connectivity index (χ4n) is 2.59. The highest BCUT2D eigenvalue weighted by Crippen LogP contribution is 2.28. The second-order valence-electron chi connectivity index (χ2n) is 5.62. The minimum Gasteiger partial charge on any atom is -0.368 e. The second kappa shape index (κ2) is 6.18. The fraction of sp³-hybridized carbons (Fsp3) is 0.438. The maximum Gasteiger partial charge on any atom is 0.180 e. The Balaban J connectivity index is 1.89. The van der Waals surface area contributed by atoms with E-state index in [4.69, 9.17) is 9.97 Å². The van der Waals surface area contributed by atoms with E-state index in [1.165, 1.54) is 11.3 Å². The SMILES string of the molecule is CN(C)CCNc1nc(-c2ccccn2)nc2c1CCC2. The fourth-order valence-corrected chi connectivity index (χ4v) is 2.59. The van der Waals surface area contributed by atoms with Gasteiger partial charge in [0.25, 0.3) is 0 Å². The van der Waals surface area contributed by atoms with Crippen molar-refractivity contribution in [1.29, 1.82) is 0 Å². The van der Waals surface area contributed by atoms with Crippen LogP contribution in [0, 0.1) is 0 Å². The van der Waals surface area contributed by atoms with Gasteiger partial charge >= 0.3 is 0 Å². The van der Waals surface area contributed by atoms with Crippen LogP contribution >= 0.6 is 0 Å². The maximum absolute atomic E-state index is 4.71. The lowest BCUT2D eigenvalue weighted by Gasteiger charge is -2.14. The van der Waals surface area contributed by atoms with Gasteiger partial charge in [-0.05, 0) is 45.5 Å². The van der Waals surface area contributed by atoms with Crippen LogP contribution in [0.25, 0.3) is 11.5 Å². The molecule has 0 radical (unpaired) electrons. The third-order valence-corrected chi connectivity index (χ3v) is 3.68. The third kappa shape index (κ3) is 3.19. The molecule has 0 aliphatic heterocycles. The number of aromatic nitrogens is 3. The molecule has 2 heterocycles. The first kappa shape index (κ1) is 13.9. The zero-order chi connectivity index (χ0) is 14.7. The van der Waals surface area contributed by atoms with E-state index in [0.717, 1.165) is 49.7 Å². The molecule has 0 saturated carbocycles. The van der Waals surface area contributed by atoms with E-state index in [0.29, 0.717) is 0 Å². The van der Waals surface area contributed by atoms with Gasteiger partial charge in [-0.3, -0.25) is 4.98 Å². The molecule has 0 amide bonds. The average Bonchev–Trinajstić information content (AvgIpc) is 2.96. The number of nitrogens with one attached hydrogen (secondary N) is 1. The summed E-state index contributed by atoms with van der Waals surface area (Å²) in [4.78, 5) is 15.9. The summed E-state index contributed by atoms with van der Waals surface area (Å²) in [6, 6.07) is 5.84. The quantitative estimate of drug-likeness (QED) is 0.909. The summed E-state index contributed by atoms with van der Waals surface area (Å²) in [6.45, 7) is 1.87. The Morgan fingerprint density at radius 3 is 2.86 bits per heavy atom. The van der Waals surface area contributed by atoms with Gasteiger partial charge in [0.2, 0.25) is 0 Å². The van der Waals surface area contributed by atoms with Crippen molar-refractivity contribution in [1.82, 2.24) is 19.9 Å². The van der Waals surface area contributed by atoms with Crippen LogP contribution < -0.4 is 5.32 Å². The molecular weight excluding hydrogens is 262 g/mol. The molecule has 0 atom stereocenters. The lowest BCUT2D eigenvalue weighted by molar-refractivity contribution is 0.425. The van der Waals surface area contributed by atoms with Crippen molar-refractivity contribution < 1.29 is 0 Å². The van der Waals surface area contributed by atoms with Gasteiger partial charge in [-0.2, -0.15) is 0 Å². The van der Waals surface area contributed by atoms with Crippen LogP contribution in [0.4, 0.5) is 5.82 Å². The maximum atomic E-state index is 4.71. The number of fused-ring (bicyclic) bond motifs is 1. The number of pyridine rings is 1. The number of anilines is 1. The third-order valence-electron chi connectivity index (χ3n) is 3.68. The summed E-state index contributed by atoms with van der Waals surface area (Å²) in [7, 11) is 4.15. The summed E-state index contributed by atoms with van der Waals surface area (Å²) in [5.41, 5.74) is 3.30. The molecule has 5 heteroatoms. The lowest BCUT2D eigenvalue weighted by Crippen LogP contribution is -2.22. The van der Waals surface area contributed by atoms with Crippen LogP contribution in [0.5, 0.6) is 0 Å². The van der Waals surface area contributed by atoms with Crippen molar-refractivity contribution in [3.05, 3.63) is 35.7 Å². The zero-order valence-electron chi connectivity index (χ0n) is 12.6. The molecule has 0 fully saturated rings. The highest BCUT2D eigenvalue weighted by atomic mass is 15.1. The summed E-state index contributed by atoms with van der Waals surface area (Å²) < 4.78 is 0. The topological polar surface area (TPSA) is 53.9 Å². The van der Waals surface area contributed by atoms with Crippen molar-refractivity contribution in [2.45, 2.75) is 19.3 Å². The number of nitrogens with zero attached hydrogens (tertiary/aromatic N) is 4. The lowest BCUT2D eigenvalue weighted by atomic mass is 10.2. The predicted octanol–water partition coefficient (Wildman–Crippen LogP) is 2.00. The molecule has 110 valence electrons. The van der Waals surface area contributed by atoms with E-state index >= 15 is 0 Å². The number of likely N-dealkylation sites (N-methyl/N-ethyl adjacent to an activating group) is 1. The van der Waals surface area contributed by atoms with Gasteiger partial charge in [0, 0.05) is 30.5 Å². The standard InChI is InChI=1S/C16H21N5/c1-21(2)11-10-18-15-12-6-5-8-13(12)19-16(20-15)14-7-3-4-9-17-14/h3-4,7,9H,5-6,8,10-11H2,1-2H3,(H,18,19,20). The van der Waals surface area contributed by atoms with Gasteiger partial charge in [0.05, 0.1) is 0 Å². The molecule has 3 rings (SSSR count). The molecule has 0 bridgehead atoms. The number of hydrogen-bond donors (Lipinski definition) is 1. The van der Waals surface area contributed by atoms with E-state index in [-0.39, 0.29) is 0 Å². The highest BCUT2D eigenvalue weighted by Gasteiger charge is 2.20. The molecule has 0 spiro atoms. The Bertz CT molecular complexity index is 610. The van der Waals surface area contributed by atoms with Crippen LogP contribution in [-0.4, -0.2) is 47.0 Å². The van der Waals surface area contributed by atoms with Crippen LogP contribution in [0.1, 0.15) is 17.7 Å². The molecule has 5 nitrogen and oxygen atoms in total. The Kier molecular flexibility index (Phi) is 4.10. The van der Waals surface area contributed by atoms with E-state index in [2.05, 4.69) is 29.3 Å². The molecule has 0 saturated heterocycles. The zero-order valence-corrected chi connectivity index (χ0v) is 12.6. The van der Waals surface area contributed by atoms with Gasteiger partial charge in [0.1, 0.15) is 11.5 Å². The Morgan fingerprint density at radius 1 is 1.19 bits per heavy atom. The minimum atomic E-state index is 0.726. The molecule has 0 unspecified atom stereocenters. The van der Waals surface area contributed by atoms with E-state index in [1.54, 1.807) is 6.20 Å². The predicted molar refractivity (Wildman–Crippen MR) is 84.3 cm³/mol. The molecule has 1 N–H and O–H groups in total. The van der Waals surface area contributed by atoms with Crippen molar-refractivity contribution in [2.75, 3.05) is 32.5 Å². The molecule has 21 heavy (non-hydrogen) atoms. The number of hydrogen-bond acceptors (Lipinski definition) is 5. The van der Waals surface area contributed by atoms with Gasteiger partial charge in [-0.25, -0.2) is 9.97 Å². The van der Waals surface area contributed by atoms with Gasteiger partial charge in [-0.15, -0.1) is 0 Å². The smallest absolute Gasteiger partial charge is 0.180 e.